The highest BCUT2D eigenvalue weighted by Crippen LogP contribution is 2.37. The van der Waals surface area contributed by atoms with Crippen LogP contribution in [-0.4, -0.2) is 32.6 Å². The summed E-state index contributed by atoms with van der Waals surface area (Å²) in [5.41, 5.74) is 1.64. The van der Waals surface area contributed by atoms with E-state index in [2.05, 4.69) is 11.0 Å². The lowest BCUT2D eigenvalue weighted by Crippen LogP contribution is -2.20. The lowest BCUT2D eigenvalue weighted by atomic mass is 9.40. The van der Waals surface area contributed by atoms with Gasteiger partial charge in [-0.05, 0) is 36.6 Å². The smallest absolute Gasteiger partial charge is 0.338 e. The van der Waals surface area contributed by atoms with Crippen molar-refractivity contribution in [1.29, 1.82) is 5.26 Å². The fourth-order valence-electron chi connectivity index (χ4n) is 3.89. The maximum absolute atomic E-state index is 13.6. The number of nitrogens with zero attached hydrogens (tertiary/aromatic N) is 4. The lowest BCUT2D eigenvalue weighted by molar-refractivity contribution is 0.0696. The number of aromatic nitrogens is 3. The molecule has 0 aliphatic carbocycles. The van der Waals surface area contributed by atoms with Crippen LogP contribution in [0.4, 0.5) is 4.39 Å². The van der Waals surface area contributed by atoms with Crippen molar-refractivity contribution in [2.24, 2.45) is 0 Å². The molecule has 0 amide bonds. The van der Waals surface area contributed by atoms with Crippen LogP contribution in [0.25, 0.3) is 16.6 Å². The number of nitriles is 1. The zero-order valence-electron chi connectivity index (χ0n) is 14.5. The van der Waals surface area contributed by atoms with Crippen LogP contribution in [0.1, 0.15) is 34.8 Å². The minimum atomic E-state index is -1.22. The second-order valence-corrected chi connectivity index (χ2v) is 6.85. The van der Waals surface area contributed by atoms with Gasteiger partial charge in [0.2, 0.25) is 0 Å². The second-order valence-electron chi connectivity index (χ2n) is 6.85. The molecule has 27 heavy (non-hydrogen) atoms. The fourth-order valence-corrected chi connectivity index (χ4v) is 3.89. The van der Waals surface area contributed by atoms with Gasteiger partial charge in [0.1, 0.15) is 5.82 Å². The Morgan fingerprint density at radius 1 is 1.41 bits per heavy atom. The Morgan fingerprint density at radius 2 is 2.26 bits per heavy atom. The molecule has 1 unspecified atom stereocenters. The average molecular weight is 362 g/mol. The average Bonchev–Trinajstić information content (AvgIpc) is 3.07. The molecule has 4 rings (SSSR count). The molecule has 0 radical (unpaired) electrons. The molecule has 1 aromatic carbocycles. The van der Waals surface area contributed by atoms with Gasteiger partial charge in [0.15, 0.2) is 0 Å². The van der Waals surface area contributed by atoms with Gasteiger partial charge in [0.05, 0.1) is 28.7 Å². The monoisotopic (exact) mass is 362 g/mol. The van der Waals surface area contributed by atoms with E-state index in [0.29, 0.717) is 11.2 Å². The van der Waals surface area contributed by atoms with Crippen molar-refractivity contribution in [3.63, 3.8) is 0 Å². The van der Waals surface area contributed by atoms with Crippen molar-refractivity contribution in [1.82, 2.24) is 14.8 Å². The zero-order chi connectivity index (χ0) is 19.0. The normalized spacial score (nSPS) is 17.0. The third-order valence-corrected chi connectivity index (χ3v) is 5.17. The van der Waals surface area contributed by atoms with E-state index < -0.39 is 11.8 Å². The van der Waals surface area contributed by atoms with Gasteiger partial charge >= 0.3 is 5.97 Å². The predicted molar refractivity (Wildman–Crippen MR) is 98.7 cm³/mol. The highest BCUT2D eigenvalue weighted by molar-refractivity contribution is 6.67. The molecule has 1 aliphatic heterocycles. The van der Waals surface area contributed by atoms with Crippen molar-refractivity contribution in [3.8, 4) is 11.7 Å². The molecule has 0 bridgehead atoms. The molecule has 3 heterocycles. The van der Waals surface area contributed by atoms with Gasteiger partial charge in [-0.1, -0.05) is 19.1 Å². The van der Waals surface area contributed by atoms with Gasteiger partial charge < -0.3 is 5.11 Å². The van der Waals surface area contributed by atoms with Crippen molar-refractivity contribution < 1.29 is 14.3 Å². The number of aromatic carboxylic acids is 1. The van der Waals surface area contributed by atoms with Crippen LogP contribution < -0.4 is 0 Å². The number of carboxylic acids is 1. The first-order valence-corrected chi connectivity index (χ1v) is 8.84. The summed E-state index contributed by atoms with van der Waals surface area (Å²) in [6.45, 7) is 0.00573. The van der Waals surface area contributed by atoms with Gasteiger partial charge in [-0.25, -0.2) is 19.1 Å². The Balaban J connectivity index is 1.89. The Bertz CT molecular complexity index is 1080. The molecule has 1 saturated heterocycles. The van der Waals surface area contributed by atoms with Crippen molar-refractivity contribution in [3.05, 3.63) is 53.7 Å². The fraction of sp³-hybridized carbons (Fsp3) is 0.263. The van der Waals surface area contributed by atoms with Gasteiger partial charge in [-0.15, -0.1) is 0 Å². The third-order valence-electron chi connectivity index (χ3n) is 5.17. The molecule has 0 spiro atoms. The number of carboxylic acid groups (broad SMARTS) is 1. The van der Waals surface area contributed by atoms with Crippen LogP contribution in [0.15, 0.2) is 36.7 Å². The van der Waals surface area contributed by atoms with Gasteiger partial charge in [0.25, 0.3) is 6.71 Å². The van der Waals surface area contributed by atoms with Gasteiger partial charge in [-0.2, -0.15) is 5.10 Å². The van der Waals surface area contributed by atoms with E-state index in [1.165, 1.54) is 16.8 Å². The highest BCUT2D eigenvalue weighted by atomic mass is 19.1. The molecule has 3 aromatic rings. The molecule has 1 aliphatic rings. The molecule has 134 valence electrons. The number of carbonyl (C=O) groups is 1. The zero-order valence-corrected chi connectivity index (χ0v) is 14.5. The van der Waals surface area contributed by atoms with E-state index in [0.717, 1.165) is 42.6 Å². The van der Waals surface area contributed by atoms with Crippen LogP contribution in [-0.2, 0) is 0 Å². The summed E-state index contributed by atoms with van der Waals surface area (Å²) in [6.07, 6.45) is 6.83. The SMILES string of the molecule is N#CB1CCCC(c2nn(-c3ccc(F)cc3C(=O)O)c3cnccc23)C1. The summed E-state index contributed by atoms with van der Waals surface area (Å²) >= 11 is 0. The molecule has 8 heteroatoms. The van der Waals surface area contributed by atoms with E-state index in [1.807, 2.05) is 6.07 Å². The summed E-state index contributed by atoms with van der Waals surface area (Å²) in [4.78, 5) is 15.8. The number of rotatable bonds is 3. The van der Waals surface area contributed by atoms with E-state index >= 15 is 0 Å². The van der Waals surface area contributed by atoms with E-state index in [9.17, 15) is 19.6 Å². The summed E-state index contributed by atoms with van der Waals surface area (Å²) in [6, 6.07) is 5.49. The summed E-state index contributed by atoms with van der Waals surface area (Å²) in [7, 11) is 0. The van der Waals surface area contributed by atoms with Crippen molar-refractivity contribution in [2.75, 3.05) is 0 Å². The van der Waals surface area contributed by atoms with Crippen LogP contribution >= 0.6 is 0 Å². The molecule has 1 atom stereocenters. The highest BCUT2D eigenvalue weighted by Gasteiger charge is 2.30. The van der Waals surface area contributed by atoms with Crippen LogP contribution in [0.5, 0.6) is 0 Å². The van der Waals surface area contributed by atoms with Crippen LogP contribution in [0, 0.1) is 17.0 Å². The quantitative estimate of drug-likeness (QED) is 0.718. The maximum atomic E-state index is 13.6. The number of benzene rings is 1. The summed E-state index contributed by atoms with van der Waals surface area (Å²) in [5.74, 6) is 0.645. The first-order chi connectivity index (χ1) is 13.1. The summed E-state index contributed by atoms with van der Waals surface area (Å²) in [5, 5.41) is 24.4. The predicted octanol–water partition coefficient (Wildman–Crippen LogP) is 3.69. The number of pyridine rings is 1. The number of hydrogen-bond acceptors (Lipinski definition) is 4. The molecule has 6 nitrogen and oxygen atoms in total. The Hall–Kier alpha value is -3.21. The lowest BCUT2D eigenvalue weighted by Gasteiger charge is -2.22. The first-order valence-electron chi connectivity index (χ1n) is 8.84. The van der Waals surface area contributed by atoms with Crippen molar-refractivity contribution in [2.45, 2.75) is 31.4 Å². The van der Waals surface area contributed by atoms with Gasteiger partial charge in [0, 0.05) is 17.6 Å². The van der Waals surface area contributed by atoms with E-state index in [4.69, 9.17) is 5.10 Å². The van der Waals surface area contributed by atoms with E-state index in [-0.39, 0.29) is 18.2 Å². The van der Waals surface area contributed by atoms with Crippen LogP contribution in [0.3, 0.4) is 0 Å². The topological polar surface area (TPSA) is 91.8 Å². The summed E-state index contributed by atoms with van der Waals surface area (Å²) < 4.78 is 15.1. The largest absolute Gasteiger partial charge is 0.478 e. The Morgan fingerprint density at radius 3 is 3.04 bits per heavy atom. The third kappa shape index (κ3) is 3.06. The molecule has 1 fully saturated rings. The van der Waals surface area contributed by atoms with Crippen LogP contribution in [0.2, 0.25) is 12.6 Å². The maximum Gasteiger partial charge on any atom is 0.338 e. The Kier molecular flexibility index (Phi) is 4.36. The van der Waals surface area contributed by atoms with Gasteiger partial charge in [-0.3, -0.25) is 4.98 Å². The van der Waals surface area contributed by atoms with E-state index in [1.54, 1.807) is 12.4 Å². The Labute approximate surface area is 155 Å². The molecule has 1 N–H and O–H groups in total. The second kappa shape index (κ2) is 6.84. The minimum Gasteiger partial charge on any atom is -0.478 e. The first kappa shape index (κ1) is 17.2. The molecular formula is C19H16BFN4O2. The number of halogens is 1. The molecular weight excluding hydrogens is 346 g/mol. The standard InChI is InChI=1S/C19H16BFN4O2/c21-13-3-4-16(15(8-13)19(26)27)25-17-10-23-7-5-14(17)18(24-25)12-2-1-6-20(9-12)11-22/h3-5,7-8,10,12H,1-2,6,9H2,(H,26,27). The van der Waals surface area contributed by atoms with Crippen molar-refractivity contribution >= 4 is 23.6 Å². The molecule has 2 aromatic heterocycles. The minimum absolute atomic E-state index is 0.00573. The number of fused-ring (bicyclic) bond motifs is 1. The molecule has 0 saturated carbocycles. The number of hydrogen-bond donors (Lipinski definition) is 1.